The summed E-state index contributed by atoms with van der Waals surface area (Å²) in [6, 6.07) is 0.453. The van der Waals surface area contributed by atoms with Crippen molar-refractivity contribution < 1.29 is 22.8 Å². The van der Waals surface area contributed by atoms with Gasteiger partial charge >= 0.3 is 14.8 Å². The quantitative estimate of drug-likeness (QED) is 0.298. The van der Waals surface area contributed by atoms with Gasteiger partial charge in [-0.05, 0) is 13.8 Å². The second kappa shape index (κ2) is 6.89. The number of ether oxygens (including phenoxy) is 1. The molecule has 0 spiro atoms. The molecule has 0 aromatic heterocycles. The Hall–Kier alpha value is 0.297. The zero-order valence-corrected chi connectivity index (χ0v) is 13.5. The van der Waals surface area contributed by atoms with E-state index in [1.165, 1.54) is 21.3 Å². The van der Waals surface area contributed by atoms with E-state index in [-0.39, 0.29) is 12.6 Å². The Balaban J connectivity index is 4.11. The summed E-state index contributed by atoms with van der Waals surface area (Å²) in [6.45, 7) is 3.83. The summed E-state index contributed by atoms with van der Waals surface area (Å²) in [5, 5.41) is 0. The maximum atomic E-state index is 11.5. The van der Waals surface area contributed by atoms with Crippen LogP contribution in [0.2, 0.25) is 6.04 Å². The summed E-state index contributed by atoms with van der Waals surface area (Å²) >= 11 is 2.03. The lowest BCUT2D eigenvalue weighted by Crippen LogP contribution is -2.44. The molecule has 0 atom stereocenters. The first-order valence-electron chi connectivity index (χ1n) is 4.83. The van der Waals surface area contributed by atoms with Gasteiger partial charge < -0.3 is 18.0 Å². The number of rotatable bonds is 7. The highest BCUT2D eigenvalue weighted by Gasteiger charge is 2.38. The number of alkyl halides is 1. The standard InChI is InChI=1S/C9H19IO5Si/c1-9(2,10)8(11)15-6-7-16(12-3,13-4)14-5/h6-7H2,1-5H3. The van der Waals surface area contributed by atoms with Gasteiger partial charge in [0.25, 0.3) is 0 Å². The molecule has 0 saturated heterocycles. The molecule has 0 radical (unpaired) electrons. The van der Waals surface area contributed by atoms with Crippen LogP contribution in [0.3, 0.4) is 0 Å². The van der Waals surface area contributed by atoms with Crippen molar-refractivity contribution in [2.24, 2.45) is 0 Å². The lowest BCUT2D eigenvalue weighted by atomic mass is 10.2. The summed E-state index contributed by atoms with van der Waals surface area (Å²) in [4.78, 5) is 11.5. The van der Waals surface area contributed by atoms with Gasteiger partial charge in [-0.25, -0.2) is 0 Å². The van der Waals surface area contributed by atoms with Crippen molar-refractivity contribution >= 4 is 37.4 Å². The Kier molecular flexibility index (Phi) is 7.02. The van der Waals surface area contributed by atoms with Gasteiger partial charge in [-0.3, -0.25) is 4.79 Å². The molecule has 16 heavy (non-hydrogen) atoms. The lowest BCUT2D eigenvalue weighted by Gasteiger charge is -2.24. The molecule has 0 rings (SSSR count). The van der Waals surface area contributed by atoms with E-state index in [0.717, 1.165) is 0 Å². The minimum atomic E-state index is -2.62. The average molecular weight is 362 g/mol. The second-order valence-corrected chi connectivity index (χ2v) is 9.44. The summed E-state index contributed by atoms with van der Waals surface area (Å²) < 4.78 is 20.2. The molecule has 0 saturated carbocycles. The Morgan fingerprint density at radius 1 is 1.19 bits per heavy atom. The van der Waals surface area contributed by atoms with Crippen molar-refractivity contribution in [1.29, 1.82) is 0 Å². The summed E-state index contributed by atoms with van der Waals surface area (Å²) in [5.41, 5.74) is 0. The fraction of sp³-hybridized carbons (Fsp3) is 0.889. The summed E-state index contributed by atoms with van der Waals surface area (Å²) in [7, 11) is 1.97. The summed E-state index contributed by atoms with van der Waals surface area (Å²) in [6.07, 6.45) is 0. The van der Waals surface area contributed by atoms with E-state index in [9.17, 15) is 4.79 Å². The van der Waals surface area contributed by atoms with Crippen molar-refractivity contribution in [2.45, 2.75) is 23.3 Å². The number of halogens is 1. The molecule has 0 aliphatic carbocycles. The fourth-order valence-corrected chi connectivity index (χ4v) is 2.62. The predicted octanol–water partition coefficient (Wildman–Crippen LogP) is 1.62. The van der Waals surface area contributed by atoms with E-state index < -0.39 is 12.2 Å². The lowest BCUT2D eigenvalue weighted by molar-refractivity contribution is -0.144. The van der Waals surface area contributed by atoms with Gasteiger partial charge in [0.05, 0.1) is 12.7 Å². The highest BCUT2D eigenvalue weighted by molar-refractivity contribution is 14.1. The molecule has 0 bridgehead atoms. The van der Waals surface area contributed by atoms with Crippen molar-refractivity contribution in [3.8, 4) is 0 Å². The van der Waals surface area contributed by atoms with E-state index in [0.29, 0.717) is 6.04 Å². The molecule has 0 amide bonds. The molecule has 0 aliphatic rings. The molecule has 0 fully saturated rings. The van der Waals surface area contributed by atoms with Gasteiger partial charge in [0, 0.05) is 21.3 Å². The average Bonchev–Trinajstić information content (AvgIpc) is 2.23. The minimum Gasteiger partial charge on any atom is -0.465 e. The van der Waals surface area contributed by atoms with Crippen LogP contribution < -0.4 is 0 Å². The molecule has 7 heteroatoms. The molecule has 5 nitrogen and oxygen atoms in total. The zero-order chi connectivity index (χ0) is 12.8. The van der Waals surface area contributed by atoms with Gasteiger partial charge in [0.2, 0.25) is 0 Å². The molecule has 0 aliphatic heterocycles. The van der Waals surface area contributed by atoms with Crippen molar-refractivity contribution in [1.82, 2.24) is 0 Å². The SMILES string of the molecule is CO[Si](CCOC(=O)C(C)(C)I)(OC)OC. The number of hydrogen-bond acceptors (Lipinski definition) is 5. The molecule has 0 heterocycles. The van der Waals surface area contributed by atoms with Crippen LogP contribution in [0.5, 0.6) is 0 Å². The fourth-order valence-electron chi connectivity index (χ4n) is 0.997. The number of esters is 1. The smallest absolute Gasteiger partial charge is 0.465 e. The van der Waals surface area contributed by atoms with E-state index >= 15 is 0 Å². The molecule has 96 valence electrons. The van der Waals surface area contributed by atoms with Crippen LogP contribution in [0, 0.1) is 0 Å². The molecule has 0 aromatic carbocycles. The Bertz CT molecular complexity index is 216. The number of carbonyl (C=O) groups is 1. The molecule has 0 N–H and O–H groups in total. The predicted molar refractivity (Wildman–Crippen MR) is 70.6 cm³/mol. The van der Waals surface area contributed by atoms with Gasteiger partial charge in [0.1, 0.15) is 3.42 Å². The highest BCUT2D eigenvalue weighted by Crippen LogP contribution is 2.19. The topological polar surface area (TPSA) is 54.0 Å². The van der Waals surface area contributed by atoms with E-state index in [1.807, 2.05) is 22.6 Å². The van der Waals surface area contributed by atoms with Crippen molar-refractivity contribution in [3.63, 3.8) is 0 Å². The number of hydrogen-bond donors (Lipinski definition) is 0. The molecule has 0 unspecified atom stereocenters. The Morgan fingerprint density at radius 2 is 1.62 bits per heavy atom. The molecule has 0 aromatic rings. The van der Waals surface area contributed by atoms with Crippen LogP contribution in [0.4, 0.5) is 0 Å². The highest BCUT2D eigenvalue weighted by atomic mass is 127. The molecular weight excluding hydrogens is 343 g/mol. The first-order chi connectivity index (χ1) is 7.31. The van der Waals surface area contributed by atoms with Gasteiger partial charge in [0.15, 0.2) is 0 Å². The summed E-state index contributed by atoms with van der Waals surface area (Å²) in [5.74, 6) is -0.251. The Morgan fingerprint density at radius 3 is 1.94 bits per heavy atom. The largest absolute Gasteiger partial charge is 0.503 e. The van der Waals surface area contributed by atoms with Crippen LogP contribution in [0.1, 0.15) is 13.8 Å². The normalized spacial score (nSPS) is 12.6. The van der Waals surface area contributed by atoms with Crippen LogP contribution >= 0.6 is 22.6 Å². The van der Waals surface area contributed by atoms with Crippen LogP contribution in [-0.2, 0) is 22.8 Å². The zero-order valence-electron chi connectivity index (χ0n) is 10.3. The third-order valence-corrected chi connectivity index (χ3v) is 5.18. The van der Waals surface area contributed by atoms with E-state index in [4.69, 9.17) is 18.0 Å². The van der Waals surface area contributed by atoms with Crippen LogP contribution in [0.15, 0.2) is 0 Å². The third kappa shape index (κ3) is 5.08. The van der Waals surface area contributed by atoms with E-state index in [1.54, 1.807) is 13.8 Å². The first kappa shape index (κ1) is 16.3. The molecular formula is C9H19IO5Si. The Labute approximate surface area is 111 Å². The van der Waals surface area contributed by atoms with Gasteiger partial charge in [-0.2, -0.15) is 0 Å². The second-order valence-electron chi connectivity index (χ2n) is 3.65. The van der Waals surface area contributed by atoms with Crippen molar-refractivity contribution in [3.05, 3.63) is 0 Å². The third-order valence-electron chi connectivity index (χ3n) is 2.06. The monoisotopic (exact) mass is 362 g/mol. The van der Waals surface area contributed by atoms with Crippen LogP contribution in [-0.4, -0.2) is 46.1 Å². The van der Waals surface area contributed by atoms with E-state index in [2.05, 4.69) is 0 Å². The van der Waals surface area contributed by atoms with Crippen LogP contribution in [0.25, 0.3) is 0 Å². The maximum absolute atomic E-state index is 11.5. The van der Waals surface area contributed by atoms with Crippen molar-refractivity contribution in [2.75, 3.05) is 27.9 Å². The maximum Gasteiger partial charge on any atom is 0.503 e. The number of carbonyl (C=O) groups excluding carboxylic acids is 1. The van der Waals surface area contributed by atoms with Gasteiger partial charge in [-0.1, -0.05) is 22.6 Å². The first-order valence-corrected chi connectivity index (χ1v) is 7.84. The minimum absolute atomic E-state index is 0.243. The van der Waals surface area contributed by atoms with Gasteiger partial charge in [-0.15, -0.1) is 0 Å².